The van der Waals surface area contributed by atoms with Gasteiger partial charge in [-0.3, -0.25) is 0 Å². The van der Waals surface area contributed by atoms with Crippen LogP contribution >= 0.6 is 23.2 Å². The van der Waals surface area contributed by atoms with Gasteiger partial charge in [0.05, 0.1) is 0 Å². The van der Waals surface area contributed by atoms with Crippen LogP contribution in [0.5, 0.6) is 0 Å². The van der Waals surface area contributed by atoms with Crippen molar-refractivity contribution in [2.45, 2.75) is 0 Å². The smallest absolute Gasteiger partial charge is 0.136 e. The molecule has 2 nitrogen and oxygen atoms in total. The highest BCUT2D eigenvalue weighted by Crippen LogP contribution is 2.08. The summed E-state index contributed by atoms with van der Waals surface area (Å²) in [7, 11) is 0. The zero-order valence-corrected chi connectivity index (χ0v) is 10.9. The molecule has 0 saturated heterocycles. The second-order valence-electron chi connectivity index (χ2n) is 3.51. The van der Waals surface area contributed by atoms with Gasteiger partial charge in [-0.25, -0.2) is 0 Å². The lowest BCUT2D eigenvalue weighted by Crippen LogP contribution is -1.92. The highest BCUT2D eigenvalue weighted by molar-refractivity contribution is 6.71. The van der Waals surface area contributed by atoms with Gasteiger partial charge in [0.2, 0.25) is 0 Å². The van der Waals surface area contributed by atoms with Gasteiger partial charge in [0.1, 0.15) is 0 Å². The van der Waals surface area contributed by atoms with Crippen molar-refractivity contribution in [3.63, 3.8) is 0 Å². The summed E-state index contributed by atoms with van der Waals surface area (Å²) in [6.45, 7) is 0. The predicted octanol–water partition coefficient (Wildman–Crippen LogP) is 4.27. The van der Waals surface area contributed by atoms with Crippen LogP contribution in [0.25, 0.3) is 0 Å². The average molecular weight is 277 g/mol. The Morgan fingerprint density at radius 2 is 0.944 bits per heavy atom. The summed E-state index contributed by atoms with van der Waals surface area (Å²) in [6.07, 6.45) is 0. The molecule has 0 aliphatic carbocycles. The summed E-state index contributed by atoms with van der Waals surface area (Å²) < 4.78 is 0. The van der Waals surface area contributed by atoms with Crippen LogP contribution in [0.2, 0.25) is 0 Å². The molecule has 90 valence electrons. The zero-order chi connectivity index (χ0) is 12.8. The van der Waals surface area contributed by atoms with E-state index in [0.717, 1.165) is 11.1 Å². The van der Waals surface area contributed by atoms with Crippen LogP contribution in [-0.4, -0.2) is 10.3 Å². The van der Waals surface area contributed by atoms with Crippen molar-refractivity contribution in [3.05, 3.63) is 71.8 Å². The van der Waals surface area contributed by atoms with E-state index >= 15 is 0 Å². The molecule has 0 aliphatic heterocycles. The van der Waals surface area contributed by atoms with Gasteiger partial charge < -0.3 is 0 Å². The fourth-order valence-electron chi connectivity index (χ4n) is 1.35. The van der Waals surface area contributed by atoms with Crippen molar-refractivity contribution in [2.75, 3.05) is 0 Å². The molecular weight excluding hydrogens is 267 g/mol. The van der Waals surface area contributed by atoms with Crippen LogP contribution in [0.4, 0.5) is 0 Å². The molecule has 4 heteroatoms. The van der Waals surface area contributed by atoms with Gasteiger partial charge in [-0.1, -0.05) is 83.9 Å². The summed E-state index contributed by atoms with van der Waals surface area (Å²) in [5.74, 6) is 0. The number of halogens is 2. The molecule has 0 bridgehead atoms. The van der Waals surface area contributed by atoms with E-state index in [1.165, 1.54) is 0 Å². The lowest BCUT2D eigenvalue weighted by Gasteiger charge is -1.97. The molecule has 0 N–H and O–H groups in total. The molecule has 2 aromatic rings. The van der Waals surface area contributed by atoms with Crippen molar-refractivity contribution in [3.8, 4) is 0 Å². The average Bonchev–Trinajstić information content (AvgIpc) is 2.46. The van der Waals surface area contributed by atoms with Crippen molar-refractivity contribution in [1.29, 1.82) is 0 Å². The Morgan fingerprint density at radius 3 is 1.28 bits per heavy atom. The van der Waals surface area contributed by atoms with E-state index in [4.69, 9.17) is 23.2 Å². The Morgan fingerprint density at radius 1 is 0.611 bits per heavy atom. The normalized spacial score (nSPS) is 12.6. The van der Waals surface area contributed by atoms with E-state index in [-0.39, 0.29) is 0 Å². The van der Waals surface area contributed by atoms with Crippen molar-refractivity contribution in [1.82, 2.24) is 0 Å². The molecule has 0 fully saturated rings. The standard InChI is InChI=1S/C14H10Cl2N2/c15-13(11-7-3-1-4-8-11)17-18-14(16)12-9-5-2-6-10-12/h1-10H/b17-13-,18-14-. The highest BCUT2D eigenvalue weighted by Gasteiger charge is 2.00. The molecule has 0 unspecified atom stereocenters. The Hall–Kier alpha value is -1.64. The lowest BCUT2D eigenvalue weighted by atomic mass is 10.2. The Kier molecular flexibility index (Phi) is 4.51. The van der Waals surface area contributed by atoms with E-state index in [9.17, 15) is 0 Å². The van der Waals surface area contributed by atoms with Crippen molar-refractivity contribution >= 4 is 33.5 Å². The Labute approximate surface area is 116 Å². The second kappa shape index (κ2) is 6.34. The molecular formula is C14H10Cl2N2. The molecule has 0 aliphatic rings. The maximum atomic E-state index is 6.02. The topological polar surface area (TPSA) is 24.7 Å². The van der Waals surface area contributed by atoms with Crippen molar-refractivity contribution in [2.24, 2.45) is 10.2 Å². The molecule has 2 aromatic carbocycles. The first kappa shape index (κ1) is 12.8. The summed E-state index contributed by atoms with van der Waals surface area (Å²) in [5, 5.41) is 8.44. The lowest BCUT2D eigenvalue weighted by molar-refractivity contribution is 1.25. The summed E-state index contributed by atoms with van der Waals surface area (Å²) in [6, 6.07) is 18.8. The van der Waals surface area contributed by atoms with Gasteiger partial charge in [0, 0.05) is 11.1 Å². The molecule has 18 heavy (non-hydrogen) atoms. The highest BCUT2D eigenvalue weighted by atomic mass is 35.5. The predicted molar refractivity (Wildman–Crippen MR) is 77.7 cm³/mol. The van der Waals surface area contributed by atoms with Crippen LogP contribution in [0, 0.1) is 0 Å². The largest absolute Gasteiger partial charge is 0.158 e. The molecule has 2 rings (SSSR count). The minimum absolute atomic E-state index is 0.310. The maximum absolute atomic E-state index is 6.02. The third-order valence-electron chi connectivity index (χ3n) is 2.25. The Bertz CT molecular complexity index is 509. The maximum Gasteiger partial charge on any atom is 0.158 e. The molecule has 0 spiro atoms. The summed E-state index contributed by atoms with van der Waals surface area (Å²) >= 11 is 12.0. The van der Waals surface area contributed by atoms with E-state index < -0.39 is 0 Å². The number of nitrogens with zero attached hydrogens (tertiary/aromatic N) is 2. The quantitative estimate of drug-likeness (QED) is 0.591. The second-order valence-corrected chi connectivity index (χ2v) is 4.23. The van der Waals surface area contributed by atoms with Gasteiger partial charge in [0.25, 0.3) is 0 Å². The van der Waals surface area contributed by atoms with E-state index in [1.807, 2.05) is 60.7 Å². The number of benzene rings is 2. The van der Waals surface area contributed by atoms with Crippen LogP contribution in [-0.2, 0) is 0 Å². The van der Waals surface area contributed by atoms with Crippen LogP contribution in [0.3, 0.4) is 0 Å². The first-order valence-corrected chi connectivity index (χ1v) is 6.10. The first-order chi connectivity index (χ1) is 8.77. The van der Waals surface area contributed by atoms with E-state index in [0.29, 0.717) is 10.3 Å². The van der Waals surface area contributed by atoms with Gasteiger partial charge in [-0.05, 0) is 0 Å². The molecule has 0 atom stereocenters. The van der Waals surface area contributed by atoms with Gasteiger partial charge in [-0.15, -0.1) is 10.2 Å². The Balaban J connectivity index is 2.20. The SMILES string of the molecule is Cl/C(=N\N=C(/Cl)c1ccccc1)c1ccccc1. The van der Waals surface area contributed by atoms with Crippen LogP contribution in [0.1, 0.15) is 11.1 Å². The molecule has 0 saturated carbocycles. The van der Waals surface area contributed by atoms with E-state index in [2.05, 4.69) is 10.2 Å². The number of hydrogen-bond donors (Lipinski definition) is 0. The third kappa shape index (κ3) is 3.42. The molecule has 0 heterocycles. The zero-order valence-electron chi connectivity index (χ0n) is 9.42. The molecule has 0 amide bonds. The summed E-state index contributed by atoms with van der Waals surface area (Å²) in [4.78, 5) is 0. The van der Waals surface area contributed by atoms with Crippen molar-refractivity contribution < 1.29 is 0 Å². The minimum atomic E-state index is 0.310. The summed E-state index contributed by atoms with van der Waals surface area (Å²) in [5.41, 5.74) is 1.61. The number of rotatable bonds is 3. The monoisotopic (exact) mass is 276 g/mol. The minimum Gasteiger partial charge on any atom is -0.136 e. The molecule has 0 aromatic heterocycles. The van der Waals surface area contributed by atoms with Crippen LogP contribution < -0.4 is 0 Å². The van der Waals surface area contributed by atoms with Gasteiger partial charge >= 0.3 is 0 Å². The van der Waals surface area contributed by atoms with Gasteiger partial charge in [0.15, 0.2) is 10.3 Å². The number of hydrogen-bond acceptors (Lipinski definition) is 2. The van der Waals surface area contributed by atoms with Gasteiger partial charge in [-0.2, -0.15) is 0 Å². The van der Waals surface area contributed by atoms with E-state index in [1.54, 1.807) is 0 Å². The molecule has 0 radical (unpaired) electrons. The van der Waals surface area contributed by atoms with Crippen LogP contribution in [0.15, 0.2) is 70.9 Å². The fourth-order valence-corrected chi connectivity index (χ4v) is 1.68. The third-order valence-corrected chi connectivity index (χ3v) is 2.84. The first-order valence-electron chi connectivity index (χ1n) is 5.35. The fraction of sp³-hybridized carbons (Fsp3) is 0.